The molecule has 11 aromatic rings. The second-order valence-electron chi connectivity index (χ2n) is 22.3. The lowest BCUT2D eigenvalue weighted by Crippen LogP contribution is -2.24. The molecule has 0 fully saturated rings. The molecule has 107 heavy (non-hydrogen) atoms. The second kappa shape index (κ2) is 39.7. The van der Waals surface area contributed by atoms with Gasteiger partial charge >= 0.3 is 0 Å². The van der Waals surface area contributed by atoms with Crippen molar-refractivity contribution in [1.82, 2.24) is 40.5 Å². The highest BCUT2D eigenvalue weighted by Gasteiger charge is 2.21. The Morgan fingerprint density at radius 3 is 1.06 bits per heavy atom. The first-order chi connectivity index (χ1) is 51.7. The van der Waals surface area contributed by atoms with Gasteiger partial charge in [0.05, 0.1) is 21.3 Å². The predicted molar refractivity (Wildman–Crippen MR) is 411 cm³/mol. The number of rotatable bonds is 27. The van der Waals surface area contributed by atoms with Crippen LogP contribution in [0.5, 0.6) is 52.1 Å². The minimum absolute atomic E-state index is 0.00622. The number of primary amides is 1. The molecule has 27 nitrogen and oxygen atoms in total. The topological polar surface area (TPSA) is 371 Å². The summed E-state index contributed by atoms with van der Waals surface area (Å²) >= 11 is 4.71. The van der Waals surface area contributed by atoms with E-state index >= 15 is 0 Å². The van der Waals surface area contributed by atoms with E-state index < -0.39 is 17.1 Å². The predicted octanol–water partition coefficient (Wildman–Crippen LogP) is 14.4. The van der Waals surface area contributed by atoms with Crippen LogP contribution in [-0.4, -0.2) is 86.0 Å². The van der Waals surface area contributed by atoms with Gasteiger partial charge in [-0.05, 0) is 128 Å². The number of aryl methyl sites for hydroxylation is 2. The van der Waals surface area contributed by atoms with Crippen molar-refractivity contribution < 1.29 is 57.2 Å². The van der Waals surface area contributed by atoms with Crippen LogP contribution in [0.3, 0.4) is 0 Å². The minimum atomic E-state index is -0.742. The first-order valence-corrected chi connectivity index (χ1v) is 32.7. The van der Waals surface area contributed by atoms with Gasteiger partial charge in [-0.2, -0.15) is 15.0 Å². The number of carbonyl (C=O) groups excluding carboxylic acids is 6. The van der Waals surface area contributed by atoms with E-state index in [2.05, 4.69) is 86.9 Å². The molecule has 11 N–H and O–H groups in total. The molecule has 544 valence electrons. The van der Waals surface area contributed by atoms with E-state index in [0.717, 1.165) is 40.1 Å². The normalized spacial score (nSPS) is 10.1. The largest absolute Gasteiger partial charge is 0.497 e. The molecule has 0 radical (unpaired) electrons. The van der Waals surface area contributed by atoms with E-state index in [4.69, 9.17) is 51.5 Å². The van der Waals surface area contributed by atoms with Gasteiger partial charge in [0, 0.05) is 102 Å². The van der Waals surface area contributed by atoms with Crippen LogP contribution in [0.1, 0.15) is 53.3 Å². The van der Waals surface area contributed by atoms with Crippen molar-refractivity contribution in [2.45, 2.75) is 26.9 Å². The SMILES string of the molecule is C=CC(=O)Cl.C=CC(=O)Nc1cccc(Oc2nc(Nc3cccc(OC)c3)ncc2C(=O)NCc2ccc(C)cc2)c1.C=CC(=O)Nc1cccc(Oc2nc(Nc3cccc(OC)c3)ncc2C(N)=O)c1.COc1cccc(Nc2ncc(C(=O)NCc3ccc(C)cc3)c(Oc3cccc(N)c3)n2)c1. The number of amides is 5. The molecule has 0 aliphatic carbocycles. The van der Waals surface area contributed by atoms with Crippen molar-refractivity contribution >= 4 is 98.3 Å². The third-order valence-electron chi connectivity index (χ3n) is 14.4. The summed E-state index contributed by atoms with van der Waals surface area (Å²) in [6.45, 7) is 14.6. The molecule has 0 saturated heterocycles. The molecule has 5 amide bonds. The number of aromatic nitrogens is 6. The number of allylic oxidation sites excluding steroid dienone is 1. The number of hydrogen-bond donors (Lipinski definition) is 9. The first kappa shape index (κ1) is 78.3. The summed E-state index contributed by atoms with van der Waals surface area (Å²) in [6.07, 6.45) is 7.48. The number of nitrogens with two attached hydrogens (primary N) is 2. The lowest BCUT2D eigenvalue weighted by molar-refractivity contribution is -0.112. The first-order valence-electron chi connectivity index (χ1n) is 32.3. The molecule has 0 aliphatic heterocycles. The number of halogens is 1. The average molecular weight is 1460 g/mol. The maximum atomic E-state index is 13.1. The van der Waals surface area contributed by atoms with Crippen molar-refractivity contribution in [2.24, 2.45) is 5.73 Å². The van der Waals surface area contributed by atoms with Crippen LogP contribution >= 0.6 is 11.6 Å². The van der Waals surface area contributed by atoms with Crippen molar-refractivity contribution in [3.8, 4) is 52.1 Å². The zero-order chi connectivity index (χ0) is 76.6. The molecule has 0 atom stereocenters. The van der Waals surface area contributed by atoms with Gasteiger partial charge in [0.2, 0.25) is 52.5 Å². The molecular weight excluding hydrogens is 1390 g/mol. The molecule has 0 saturated carbocycles. The van der Waals surface area contributed by atoms with Gasteiger partial charge in [-0.1, -0.05) is 116 Å². The lowest BCUT2D eigenvalue weighted by atomic mass is 10.1. The summed E-state index contributed by atoms with van der Waals surface area (Å²) < 4.78 is 33.4. The Morgan fingerprint density at radius 1 is 0.421 bits per heavy atom. The smallest absolute Gasteiger partial charge is 0.258 e. The molecule has 0 spiro atoms. The number of anilines is 9. The van der Waals surface area contributed by atoms with E-state index in [9.17, 15) is 28.8 Å². The number of nitrogens with zero attached hydrogens (tertiary/aromatic N) is 6. The Bertz CT molecular complexity index is 4970. The third kappa shape index (κ3) is 25.2. The van der Waals surface area contributed by atoms with Gasteiger partial charge < -0.3 is 77.1 Å². The maximum absolute atomic E-state index is 13.1. The molecule has 0 aliphatic rings. The second-order valence-corrected chi connectivity index (χ2v) is 22.7. The van der Waals surface area contributed by atoms with Crippen molar-refractivity contribution in [3.05, 3.63) is 290 Å². The summed E-state index contributed by atoms with van der Waals surface area (Å²) in [6, 6.07) is 57.8. The van der Waals surface area contributed by atoms with Crippen molar-refractivity contribution in [2.75, 3.05) is 53.6 Å². The van der Waals surface area contributed by atoms with Gasteiger partial charge in [-0.3, -0.25) is 28.8 Å². The van der Waals surface area contributed by atoms with Crippen molar-refractivity contribution in [3.63, 3.8) is 0 Å². The summed E-state index contributed by atoms with van der Waals surface area (Å²) in [4.78, 5) is 96.4. The van der Waals surface area contributed by atoms with Crippen LogP contribution in [0.25, 0.3) is 0 Å². The monoisotopic (exact) mass is 1460 g/mol. The standard InChI is InChI=1S/C29H27N5O4.C26H25N5O3.C21H19N5O4.C3H3ClO/c1-4-26(35)32-21-7-6-10-24(16-21)38-28-25(27(36)30-17-20-13-11-19(2)12-14-20)18-31-29(34-28)33-22-8-5-9-23(15-22)37-3;1-17-9-11-18(12-10-17)15-28-24(32)23-16-29-26(30-20-6-4-7-21(14-20)33-2)31-25(23)34-22-8-3-5-19(27)13-22;1-3-18(27)24-13-6-5-9-16(11-13)30-20-17(19(22)28)12-23-21(26-20)25-14-7-4-8-15(10-14)29-2;1-2-3(4)5/h4-16,18H,1,17H2,2-3H3,(H,30,36)(H,32,35)(H,31,33,34);3-14,16H,15,27H2,1-2H3,(H,28,32)(H,29,30,31);3-12H,1H2,2H3,(H2,22,28)(H,24,27)(H,23,25,26);2H,1H2. The van der Waals surface area contributed by atoms with Gasteiger partial charge in [-0.15, -0.1) is 0 Å². The Hall–Kier alpha value is -14.5. The van der Waals surface area contributed by atoms with Gasteiger partial charge in [0.15, 0.2) is 0 Å². The van der Waals surface area contributed by atoms with Crippen LogP contribution < -0.4 is 77.1 Å². The van der Waals surface area contributed by atoms with Gasteiger partial charge in [-0.25, -0.2) is 15.0 Å². The third-order valence-corrected chi connectivity index (χ3v) is 14.5. The zero-order valence-corrected chi connectivity index (χ0v) is 59.3. The van der Waals surface area contributed by atoms with E-state index in [1.165, 1.54) is 24.7 Å². The molecule has 3 aromatic heterocycles. The highest BCUT2D eigenvalue weighted by Crippen LogP contribution is 2.32. The highest BCUT2D eigenvalue weighted by molar-refractivity contribution is 6.66. The maximum Gasteiger partial charge on any atom is 0.258 e. The summed E-state index contributed by atoms with van der Waals surface area (Å²) in [5.41, 5.74) is 19.5. The number of benzene rings is 8. The van der Waals surface area contributed by atoms with Crippen LogP contribution in [0.4, 0.5) is 52.0 Å². The van der Waals surface area contributed by atoms with E-state index in [1.807, 2.05) is 105 Å². The fourth-order valence-electron chi connectivity index (χ4n) is 9.02. The molecular formula is C79H74ClN15O12. The molecule has 0 bridgehead atoms. The fraction of sp³-hybridized carbons (Fsp3) is 0.0886. The molecule has 8 aromatic carbocycles. The van der Waals surface area contributed by atoms with Crippen LogP contribution in [0, 0.1) is 13.8 Å². The Labute approximate surface area is 621 Å². The summed E-state index contributed by atoms with van der Waals surface area (Å²) in [5, 5.41) is 19.8. The Balaban J connectivity index is 0.000000197. The van der Waals surface area contributed by atoms with Crippen LogP contribution in [0.15, 0.2) is 251 Å². The number of nitrogens with one attached hydrogen (secondary N) is 7. The Kier molecular flexibility index (Phi) is 29.0. The van der Waals surface area contributed by atoms with Crippen LogP contribution in [-0.2, 0) is 27.5 Å². The van der Waals surface area contributed by atoms with Gasteiger partial charge in [0.25, 0.3) is 17.7 Å². The quantitative estimate of drug-likeness (QED) is 0.0131. The highest BCUT2D eigenvalue weighted by atomic mass is 35.5. The Morgan fingerprint density at radius 2 is 0.729 bits per heavy atom. The molecule has 11 rings (SSSR count). The fourth-order valence-corrected chi connectivity index (χ4v) is 9.02. The van der Waals surface area contributed by atoms with Gasteiger partial charge in [0.1, 0.15) is 51.2 Å². The molecule has 28 heteroatoms. The van der Waals surface area contributed by atoms with E-state index in [0.29, 0.717) is 76.0 Å². The summed E-state index contributed by atoms with van der Waals surface area (Å²) in [5.74, 6) is 1.75. The molecule has 3 heterocycles. The number of carbonyl (C=O) groups is 6. The minimum Gasteiger partial charge on any atom is -0.497 e. The number of hydrogen-bond acceptors (Lipinski definition) is 22. The van der Waals surface area contributed by atoms with E-state index in [1.54, 1.807) is 124 Å². The number of ether oxygens (including phenoxy) is 6. The number of nitrogen functional groups attached to an aromatic ring is 1. The van der Waals surface area contributed by atoms with Crippen molar-refractivity contribution in [1.29, 1.82) is 0 Å². The number of methoxy groups -OCH3 is 3. The van der Waals surface area contributed by atoms with Crippen LogP contribution in [0.2, 0.25) is 0 Å². The zero-order valence-electron chi connectivity index (χ0n) is 58.6. The lowest BCUT2D eigenvalue weighted by Gasteiger charge is -2.13. The molecule has 0 unspecified atom stereocenters. The average Bonchev–Trinajstić information content (AvgIpc) is 0.836. The van der Waals surface area contributed by atoms with E-state index in [-0.39, 0.29) is 69.9 Å². The summed E-state index contributed by atoms with van der Waals surface area (Å²) in [7, 11) is 4.74.